The van der Waals surface area contributed by atoms with Crippen molar-refractivity contribution in [3.8, 4) is 0 Å². The quantitative estimate of drug-likeness (QED) is 0.212. The fourth-order valence-electron chi connectivity index (χ4n) is 4.84. The molecule has 186 valence electrons. The highest BCUT2D eigenvalue weighted by Crippen LogP contribution is 2.36. The monoisotopic (exact) mass is 566 g/mol. The zero-order chi connectivity index (χ0) is 22.3. The van der Waals surface area contributed by atoms with Gasteiger partial charge in [0.2, 0.25) is 0 Å². The predicted molar refractivity (Wildman–Crippen MR) is 137 cm³/mol. The Labute approximate surface area is 210 Å². The zero-order valence-electron chi connectivity index (χ0n) is 20.2. The molecule has 2 N–H and O–H groups in total. The summed E-state index contributed by atoms with van der Waals surface area (Å²) in [5.41, 5.74) is -0.452. The lowest BCUT2D eigenvalue weighted by Gasteiger charge is -2.40. The molecule has 0 aromatic rings. The Balaban J connectivity index is 0.00000363. The topological polar surface area (TPSA) is 84.4 Å². The van der Waals surface area contributed by atoms with Crippen LogP contribution in [-0.4, -0.2) is 80.7 Å². The standard InChI is InChI=1S/C23H42N4O4.HI/c1-23(2,3)31-22(28)27-19-6-7-20(27)15-18(14-19)26-21(24-4)25-10-5-11-30-16-17-8-12-29-13-9-17;/h17-20H,5-16H2,1-4H3,(H2,24,25,26);1H. The number of piperidine rings is 1. The van der Waals surface area contributed by atoms with Gasteiger partial charge in [-0.15, -0.1) is 24.0 Å². The molecule has 9 heteroatoms. The highest BCUT2D eigenvalue weighted by atomic mass is 127. The first-order valence-electron chi connectivity index (χ1n) is 12.0. The molecule has 0 radical (unpaired) electrons. The number of aliphatic imine (C=N–C) groups is 1. The SMILES string of the molecule is CN=C(NCCCOCC1CCOCC1)NC1CC2CCC(C1)N2C(=O)OC(C)(C)C.I. The number of amides is 1. The summed E-state index contributed by atoms with van der Waals surface area (Å²) in [6.07, 6.45) is 6.99. The van der Waals surface area contributed by atoms with Crippen molar-refractivity contribution in [3.63, 3.8) is 0 Å². The lowest BCUT2D eigenvalue weighted by molar-refractivity contribution is 0.00544. The average Bonchev–Trinajstić information content (AvgIpc) is 3.00. The third kappa shape index (κ3) is 8.52. The number of ether oxygens (including phenoxy) is 3. The maximum absolute atomic E-state index is 12.6. The first-order chi connectivity index (χ1) is 14.9. The van der Waals surface area contributed by atoms with Crippen molar-refractivity contribution in [3.05, 3.63) is 0 Å². The van der Waals surface area contributed by atoms with Gasteiger partial charge in [0.15, 0.2) is 5.96 Å². The molecule has 3 rings (SSSR count). The lowest BCUT2D eigenvalue weighted by Crippen LogP contribution is -2.55. The third-order valence-corrected chi connectivity index (χ3v) is 6.35. The van der Waals surface area contributed by atoms with Crippen molar-refractivity contribution >= 4 is 36.0 Å². The molecule has 2 atom stereocenters. The van der Waals surface area contributed by atoms with Crippen molar-refractivity contribution in [1.82, 2.24) is 15.5 Å². The molecule has 32 heavy (non-hydrogen) atoms. The molecule has 2 bridgehead atoms. The summed E-state index contributed by atoms with van der Waals surface area (Å²) in [5, 5.41) is 6.97. The summed E-state index contributed by atoms with van der Waals surface area (Å²) >= 11 is 0. The van der Waals surface area contributed by atoms with Gasteiger partial charge >= 0.3 is 6.09 Å². The third-order valence-electron chi connectivity index (χ3n) is 6.35. The van der Waals surface area contributed by atoms with Crippen molar-refractivity contribution in [1.29, 1.82) is 0 Å². The van der Waals surface area contributed by atoms with Crippen molar-refractivity contribution < 1.29 is 19.0 Å². The maximum Gasteiger partial charge on any atom is 0.410 e. The molecule has 0 aliphatic carbocycles. The second-order valence-corrected chi connectivity index (χ2v) is 10.1. The maximum atomic E-state index is 12.6. The summed E-state index contributed by atoms with van der Waals surface area (Å²) in [6, 6.07) is 0.831. The van der Waals surface area contributed by atoms with Gasteiger partial charge in [0, 0.05) is 58.1 Å². The average molecular weight is 567 g/mol. The molecule has 3 heterocycles. The number of rotatable bonds is 7. The molecular weight excluding hydrogens is 523 g/mol. The Bertz CT molecular complexity index is 593. The number of halogens is 1. The van der Waals surface area contributed by atoms with Crippen LogP contribution in [0.15, 0.2) is 4.99 Å². The molecule has 0 aromatic heterocycles. The number of guanidine groups is 1. The van der Waals surface area contributed by atoms with Crippen LogP contribution in [0, 0.1) is 5.92 Å². The van der Waals surface area contributed by atoms with E-state index in [0.717, 1.165) is 83.9 Å². The smallest absolute Gasteiger partial charge is 0.410 e. The van der Waals surface area contributed by atoms with Crippen molar-refractivity contribution in [2.75, 3.05) is 40.0 Å². The molecular formula is C23H43IN4O4. The van der Waals surface area contributed by atoms with E-state index in [2.05, 4.69) is 15.6 Å². The fourth-order valence-corrected chi connectivity index (χ4v) is 4.84. The second kappa shape index (κ2) is 13.2. The number of nitrogens with one attached hydrogen (secondary N) is 2. The van der Waals surface area contributed by atoms with Crippen LogP contribution in [0.3, 0.4) is 0 Å². The summed E-state index contributed by atoms with van der Waals surface area (Å²) in [5.74, 6) is 1.48. The zero-order valence-corrected chi connectivity index (χ0v) is 22.6. The van der Waals surface area contributed by atoms with Crippen LogP contribution in [0.4, 0.5) is 4.79 Å². The molecule has 3 saturated heterocycles. The van der Waals surface area contributed by atoms with Crippen LogP contribution in [0.5, 0.6) is 0 Å². The van der Waals surface area contributed by atoms with Crippen LogP contribution in [0.25, 0.3) is 0 Å². The van der Waals surface area contributed by atoms with Gasteiger partial charge in [-0.25, -0.2) is 4.79 Å². The second-order valence-electron chi connectivity index (χ2n) is 10.1. The van der Waals surface area contributed by atoms with Gasteiger partial charge in [0.25, 0.3) is 0 Å². The minimum Gasteiger partial charge on any atom is -0.444 e. The number of fused-ring (bicyclic) bond motifs is 2. The Morgan fingerprint density at radius 1 is 1.12 bits per heavy atom. The molecule has 0 aromatic carbocycles. The van der Waals surface area contributed by atoms with E-state index >= 15 is 0 Å². The molecule has 3 aliphatic rings. The molecule has 3 fully saturated rings. The summed E-state index contributed by atoms with van der Waals surface area (Å²) in [6.45, 7) is 9.95. The van der Waals surface area contributed by atoms with E-state index in [9.17, 15) is 4.79 Å². The van der Waals surface area contributed by atoms with Gasteiger partial charge < -0.3 is 29.7 Å². The van der Waals surface area contributed by atoms with Gasteiger partial charge in [-0.3, -0.25) is 4.99 Å². The normalized spacial score (nSPS) is 26.4. The largest absolute Gasteiger partial charge is 0.444 e. The first kappa shape index (κ1) is 27.4. The van der Waals surface area contributed by atoms with E-state index in [-0.39, 0.29) is 42.2 Å². The first-order valence-corrected chi connectivity index (χ1v) is 12.0. The molecule has 1 amide bonds. The van der Waals surface area contributed by atoms with Crippen LogP contribution in [0.2, 0.25) is 0 Å². The number of hydrogen-bond acceptors (Lipinski definition) is 5. The Hall–Kier alpha value is -0.810. The van der Waals surface area contributed by atoms with Crippen LogP contribution in [-0.2, 0) is 14.2 Å². The molecule has 0 saturated carbocycles. The summed E-state index contributed by atoms with van der Waals surface area (Å²) in [7, 11) is 1.81. The predicted octanol–water partition coefficient (Wildman–Crippen LogP) is 3.53. The number of hydrogen-bond donors (Lipinski definition) is 2. The van der Waals surface area contributed by atoms with Gasteiger partial charge in [-0.2, -0.15) is 0 Å². The van der Waals surface area contributed by atoms with E-state index in [1.54, 1.807) is 7.05 Å². The van der Waals surface area contributed by atoms with Crippen molar-refractivity contribution in [2.45, 2.75) is 89.4 Å². The van der Waals surface area contributed by atoms with Gasteiger partial charge in [0.05, 0.1) is 0 Å². The van der Waals surface area contributed by atoms with Crippen LogP contribution < -0.4 is 10.6 Å². The van der Waals surface area contributed by atoms with E-state index in [1.807, 2.05) is 25.7 Å². The molecule has 3 aliphatic heterocycles. The lowest BCUT2D eigenvalue weighted by atomic mass is 9.98. The summed E-state index contributed by atoms with van der Waals surface area (Å²) < 4.78 is 16.9. The van der Waals surface area contributed by atoms with E-state index in [4.69, 9.17) is 14.2 Å². The Kier molecular flexibility index (Phi) is 11.3. The molecule has 8 nitrogen and oxygen atoms in total. The number of nitrogens with zero attached hydrogens (tertiary/aromatic N) is 2. The van der Waals surface area contributed by atoms with E-state index < -0.39 is 5.60 Å². The van der Waals surface area contributed by atoms with Crippen LogP contribution in [0.1, 0.15) is 65.7 Å². The van der Waals surface area contributed by atoms with Gasteiger partial charge in [-0.1, -0.05) is 0 Å². The van der Waals surface area contributed by atoms with E-state index in [1.165, 1.54) is 0 Å². The summed E-state index contributed by atoms with van der Waals surface area (Å²) in [4.78, 5) is 19.0. The van der Waals surface area contributed by atoms with Crippen molar-refractivity contribution in [2.24, 2.45) is 10.9 Å². The minimum absolute atomic E-state index is 0. The van der Waals surface area contributed by atoms with E-state index in [0.29, 0.717) is 12.0 Å². The highest BCUT2D eigenvalue weighted by Gasteiger charge is 2.45. The number of carbonyl (C=O) groups is 1. The molecule has 2 unspecified atom stereocenters. The fraction of sp³-hybridized carbons (Fsp3) is 0.913. The molecule has 0 spiro atoms. The Morgan fingerprint density at radius 2 is 1.78 bits per heavy atom. The Morgan fingerprint density at radius 3 is 2.38 bits per heavy atom. The van der Waals surface area contributed by atoms with Gasteiger partial charge in [0.1, 0.15) is 5.60 Å². The van der Waals surface area contributed by atoms with Gasteiger partial charge in [-0.05, 0) is 71.6 Å². The minimum atomic E-state index is -0.452. The highest BCUT2D eigenvalue weighted by molar-refractivity contribution is 14.0. The van der Waals surface area contributed by atoms with Crippen LogP contribution >= 0.6 is 24.0 Å². The number of carbonyl (C=O) groups excluding carboxylic acids is 1.